The molecule has 3 heterocycles. The number of carbonyl (C=O) groups excluding carboxylic acids is 2. The molecule has 2 aliphatic heterocycles. The SMILES string of the molecule is Cc1ccc(-c2cc(C(=O)NC3C4CCC3CN(C(=O)C3CCOC3)C4)[nH]n2)cc1. The van der Waals surface area contributed by atoms with Crippen molar-refractivity contribution >= 4 is 11.8 Å². The van der Waals surface area contributed by atoms with Gasteiger partial charge >= 0.3 is 0 Å². The monoisotopic (exact) mass is 408 g/mol. The predicted octanol–water partition coefficient (Wildman–Crippen LogP) is 2.39. The Morgan fingerprint density at radius 3 is 2.53 bits per heavy atom. The zero-order chi connectivity index (χ0) is 20.7. The number of amides is 2. The number of aromatic amines is 1. The van der Waals surface area contributed by atoms with E-state index in [1.807, 2.05) is 36.1 Å². The molecule has 0 spiro atoms. The number of fused-ring (bicyclic) bond motifs is 2. The number of piperidine rings is 1. The summed E-state index contributed by atoms with van der Waals surface area (Å²) in [5.74, 6) is 0.759. The number of aryl methyl sites for hydroxylation is 1. The Kier molecular flexibility index (Phi) is 5.06. The highest BCUT2D eigenvalue weighted by Crippen LogP contribution is 2.38. The molecule has 158 valence electrons. The molecule has 2 bridgehead atoms. The summed E-state index contributed by atoms with van der Waals surface area (Å²) in [6.45, 7) is 4.74. The van der Waals surface area contributed by atoms with Gasteiger partial charge in [-0.3, -0.25) is 14.7 Å². The van der Waals surface area contributed by atoms with Crippen molar-refractivity contribution in [3.63, 3.8) is 0 Å². The van der Waals surface area contributed by atoms with Gasteiger partial charge in [0.1, 0.15) is 5.69 Å². The van der Waals surface area contributed by atoms with E-state index in [9.17, 15) is 9.59 Å². The number of hydrogen-bond acceptors (Lipinski definition) is 4. The smallest absolute Gasteiger partial charge is 0.269 e. The first-order valence-corrected chi connectivity index (χ1v) is 10.9. The molecule has 2 aromatic rings. The molecule has 3 fully saturated rings. The lowest BCUT2D eigenvalue weighted by atomic mass is 9.91. The summed E-state index contributed by atoms with van der Waals surface area (Å²) in [5.41, 5.74) is 3.42. The quantitative estimate of drug-likeness (QED) is 0.813. The van der Waals surface area contributed by atoms with Crippen LogP contribution in [0.25, 0.3) is 11.3 Å². The number of hydrogen-bond donors (Lipinski definition) is 2. The number of H-pyrrole nitrogens is 1. The highest BCUT2D eigenvalue weighted by Gasteiger charge is 2.45. The molecule has 2 amide bonds. The molecule has 30 heavy (non-hydrogen) atoms. The highest BCUT2D eigenvalue weighted by atomic mass is 16.5. The minimum atomic E-state index is -0.119. The molecule has 1 aromatic heterocycles. The Morgan fingerprint density at radius 2 is 1.87 bits per heavy atom. The van der Waals surface area contributed by atoms with E-state index in [0.29, 0.717) is 30.7 Å². The van der Waals surface area contributed by atoms with Crippen LogP contribution in [0.4, 0.5) is 0 Å². The predicted molar refractivity (Wildman–Crippen MR) is 112 cm³/mol. The molecule has 3 aliphatic rings. The van der Waals surface area contributed by atoms with E-state index in [1.54, 1.807) is 6.07 Å². The number of ether oxygens (including phenoxy) is 1. The van der Waals surface area contributed by atoms with Crippen LogP contribution in [-0.2, 0) is 9.53 Å². The van der Waals surface area contributed by atoms with Gasteiger partial charge in [0.15, 0.2) is 0 Å². The highest BCUT2D eigenvalue weighted by molar-refractivity contribution is 5.93. The first kappa shape index (κ1) is 19.3. The Bertz CT molecular complexity index is 918. The number of carbonyl (C=O) groups is 2. The third-order valence-corrected chi connectivity index (χ3v) is 6.89. The molecule has 0 radical (unpaired) electrons. The van der Waals surface area contributed by atoms with Crippen LogP contribution < -0.4 is 5.32 Å². The zero-order valence-electron chi connectivity index (χ0n) is 17.3. The summed E-state index contributed by atoms with van der Waals surface area (Å²) >= 11 is 0. The van der Waals surface area contributed by atoms with Crippen LogP contribution in [-0.4, -0.2) is 59.3 Å². The van der Waals surface area contributed by atoms with Crippen molar-refractivity contribution in [3.05, 3.63) is 41.6 Å². The largest absolute Gasteiger partial charge is 0.381 e. The van der Waals surface area contributed by atoms with E-state index in [2.05, 4.69) is 15.5 Å². The van der Waals surface area contributed by atoms with Crippen molar-refractivity contribution in [2.75, 3.05) is 26.3 Å². The number of rotatable bonds is 4. The van der Waals surface area contributed by atoms with Gasteiger partial charge < -0.3 is 15.0 Å². The van der Waals surface area contributed by atoms with E-state index >= 15 is 0 Å². The maximum Gasteiger partial charge on any atom is 0.269 e. The first-order chi connectivity index (χ1) is 14.6. The molecular formula is C23H28N4O3. The van der Waals surface area contributed by atoms with Crippen LogP contribution in [0.15, 0.2) is 30.3 Å². The molecule has 7 nitrogen and oxygen atoms in total. The second-order valence-corrected chi connectivity index (χ2v) is 8.93. The number of benzene rings is 1. The lowest BCUT2D eigenvalue weighted by molar-refractivity contribution is -0.138. The van der Waals surface area contributed by atoms with Crippen molar-refractivity contribution in [2.45, 2.75) is 32.2 Å². The van der Waals surface area contributed by atoms with Crippen LogP contribution in [0, 0.1) is 24.7 Å². The van der Waals surface area contributed by atoms with Gasteiger partial charge in [-0.15, -0.1) is 0 Å². The molecule has 1 saturated carbocycles. The fraction of sp³-hybridized carbons (Fsp3) is 0.522. The van der Waals surface area contributed by atoms with Crippen LogP contribution in [0.5, 0.6) is 0 Å². The van der Waals surface area contributed by atoms with Crippen LogP contribution in [0.2, 0.25) is 0 Å². The van der Waals surface area contributed by atoms with E-state index in [1.165, 1.54) is 5.56 Å². The summed E-state index contributed by atoms with van der Waals surface area (Å²) in [6.07, 6.45) is 2.93. The third-order valence-electron chi connectivity index (χ3n) is 6.89. The summed E-state index contributed by atoms with van der Waals surface area (Å²) in [7, 11) is 0. The maximum atomic E-state index is 12.9. The fourth-order valence-corrected chi connectivity index (χ4v) is 5.17. The van der Waals surface area contributed by atoms with Crippen molar-refractivity contribution in [1.29, 1.82) is 0 Å². The lowest BCUT2D eigenvalue weighted by Crippen LogP contribution is -2.55. The van der Waals surface area contributed by atoms with Crippen LogP contribution in [0.3, 0.4) is 0 Å². The normalized spacial score (nSPS) is 28.0. The van der Waals surface area contributed by atoms with E-state index in [-0.39, 0.29) is 23.8 Å². The van der Waals surface area contributed by atoms with Gasteiger partial charge in [0.05, 0.1) is 18.2 Å². The summed E-state index contributed by atoms with van der Waals surface area (Å²) in [5, 5.41) is 10.4. The average Bonchev–Trinajstić information content (AvgIpc) is 3.49. The van der Waals surface area contributed by atoms with E-state index in [4.69, 9.17) is 4.74 Å². The Labute approximate surface area is 176 Å². The van der Waals surface area contributed by atoms with Crippen molar-refractivity contribution < 1.29 is 14.3 Å². The number of nitrogens with one attached hydrogen (secondary N) is 2. The van der Waals surface area contributed by atoms with E-state index < -0.39 is 0 Å². The minimum Gasteiger partial charge on any atom is -0.381 e. The second-order valence-electron chi connectivity index (χ2n) is 8.93. The van der Waals surface area contributed by atoms with Gasteiger partial charge in [0, 0.05) is 31.3 Å². The molecule has 3 unspecified atom stereocenters. The number of likely N-dealkylation sites (tertiary alicyclic amines) is 1. The van der Waals surface area contributed by atoms with Crippen molar-refractivity contribution in [2.24, 2.45) is 17.8 Å². The molecular weight excluding hydrogens is 380 g/mol. The zero-order valence-corrected chi connectivity index (χ0v) is 17.3. The van der Waals surface area contributed by atoms with Gasteiger partial charge in [0.25, 0.3) is 5.91 Å². The topological polar surface area (TPSA) is 87.3 Å². The van der Waals surface area contributed by atoms with Gasteiger partial charge in [-0.05, 0) is 44.1 Å². The van der Waals surface area contributed by atoms with Crippen molar-refractivity contribution in [1.82, 2.24) is 20.4 Å². The van der Waals surface area contributed by atoms with Gasteiger partial charge in [-0.2, -0.15) is 5.10 Å². The lowest BCUT2D eigenvalue weighted by Gasteiger charge is -2.39. The van der Waals surface area contributed by atoms with Crippen LogP contribution in [0.1, 0.15) is 35.3 Å². The fourth-order valence-electron chi connectivity index (χ4n) is 5.17. The van der Waals surface area contributed by atoms with Crippen LogP contribution >= 0.6 is 0 Å². The summed E-state index contributed by atoms with van der Waals surface area (Å²) < 4.78 is 5.39. The average molecular weight is 409 g/mol. The summed E-state index contributed by atoms with van der Waals surface area (Å²) in [4.78, 5) is 27.7. The Hall–Kier alpha value is -2.67. The molecule has 1 aromatic carbocycles. The molecule has 7 heteroatoms. The molecule has 5 rings (SSSR count). The van der Waals surface area contributed by atoms with Gasteiger partial charge in [-0.1, -0.05) is 29.8 Å². The minimum absolute atomic E-state index is 0.0146. The maximum absolute atomic E-state index is 12.9. The van der Waals surface area contributed by atoms with E-state index in [0.717, 1.165) is 43.6 Å². The third kappa shape index (κ3) is 3.62. The molecule has 2 N–H and O–H groups in total. The first-order valence-electron chi connectivity index (χ1n) is 10.9. The number of nitrogens with zero attached hydrogens (tertiary/aromatic N) is 2. The van der Waals surface area contributed by atoms with Gasteiger partial charge in [-0.25, -0.2) is 0 Å². The van der Waals surface area contributed by atoms with Crippen molar-refractivity contribution in [3.8, 4) is 11.3 Å². The van der Waals surface area contributed by atoms with Gasteiger partial charge in [0.2, 0.25) is 5.91 Å². The summed E-state index contributed by atoms with van der Waals surface area (Å²) in [6, 6.07) is 10.0. The standard InChI is InChI=1S/C23H28N4O3/c1-14-2-4-15(5-3-14)19-10-20(26-25-19)22(28)24-21-16-6-7-17(21)12-27(11-16)23(29)18-8-9-30-13-18/h2-5,10,16-18,21H,6-9,11-13H2,1H3,(H,24,28)(H,25,26). The second kappa shape index (κ2) is 7.87. The molecule has 3 atom stereocenters. The molecule has 2 saturated heterocycles. The Balaban J connectivity index is 1.23. The number of aromatic nitrogens is 2. The molecule has 1 aliphatic carbocycles. The Morgan fingerprint density at radius 1 is 1.13 bits per heavy atom.